The van der Waals surface area contributed by atoms with Crippen LogP contribution in [0.25, 0.3) is 22.2 Å². The van der Waals surface area contributed by atoms with Gasteiger partial charge in [0, 0.05) is 59.7 Å². The molecule has 0 bridgehead atoms. The Balaban J connectivity index is 1.45. The first-order valence-corrected chi connectivity index (χ1v) is 18.7. The molecule has 2 aliphatic carbocycles. The topological polar surface area (TPSA) is 101 Å². The molecule has 9 nitrogen and oxygen atoms in total. The SMILES string of the molecule is CCC1CN(C)CC(C)N1C(=O)C12CC1c1cc(OC)ccc1-c1c(C3CCCCC3)c3ccc(C(=O)NS(C)(=O)=O)cc3n1C2. The molecule has 0 spiro atoms. The summed E-state index contributed by atoms with van der Waals surface area (Å²) in [7, 11) is 0.0934. The molecule has 2 aliphatic heterocycles. The number of hydrogen-bond donors (Lipinski definition) is 1. The van der Waals surface area contributed by atoms with E-state index in [-0.39, 0.29) is 23.9 Å². The summed E-state index contributed by atoms with van der Waals surface area (Å²) < 4.78 is 34.1. The van der Waals surface area contributed by atoms with E-state index in [4.69, 9.17) is 4.74 Å². The van der Waals surface area contributed by atoms with Gasteiger partial charge in [-0.1, -0.05) is 32.3 Å². The van der Waals surface area contributed by atoms with E-state index >= 15 is 4.79 Å². The van der Waals surface area contributed by atoms with Gasteiger partial charge >= 0.3 is 0 Å². The predicted molar refractivity (Wildman–Crippen MR) is 180 cm³/mol. The summed E-state index contributed by atoms with van der Waals surface area (Å²) in [6, 6.07) is 12.1. The Kier molecular flexibility index (Phi) is 7.74. The lowest BCUT2D eigenvalue weighted by Gasteiger charge is -2.46. The molecular formula is C36H46N4O5S. The lowest BCUT2D eigenvalue weighted by molar-refractivity contribution is -0.146. The summed E-state index contributed by atoms with van der Waals surface area (Å²) in [6.45, 7) is 6.56. The van der Waals surface area contributed by atoms with Crippen molar-refractivity contribution in [3.05, 3.63) is 53.1 Å². The number of fused-ring (bicyclic) bond motifs is 7. The molecule has 4 atom stereocenters. The van der Waals surface area contributed by atoms with Crippen molar-refractivity contribution in [2.75, 3.05) is 33.5 Å². The molecule has 246 valence electrons. The molecule has 2 aromatic carbocycles. The second-order valence-corrected chi connectivity index (χ2v) is 16.1. The van der Waals surface area contributed by atoms with Crippen molar-refractivity contribution >= 4 is 32.7 Å². The minimum atomic E-state index is -3.73. The summed E-state index contributed by atoms with van der Waals surface area (Å²) in [6.07, 6.45) is 8.41. The van der Waals surface area contributed by atoms with Gasteiger partial charge < -0.3 is 19.1 Å². The molecule has 3 heterocycles. The summed E-state index contributed by atoms with van der Waals surface area (Å²) in [4.78, 5) is 32.7. The van der Waals surface area contributed by atoms with Gasteiger partial charge in [0.05, 0.1) is 24.5 Å². The third-order valence-corrected chi connectivity index (χ3v) is 11.7. The van der Waals surface area contributed by atoms with Gasteiger partial charge in [-0.05, 0) is 87.0 Å². The zero-order valence-electron chi connectivity index (χ0n) is 27.6. The highest BCUT2D eigenvalue weighted by atomic mass is 32.2. The Morgan fingerprint density at radius 1 is 1.07 bits per heavy atom. The number of nitrogens with zero attached hydrogens (tertiary/aromatic N) is 3. The van der Waals surface area contributed by atoms with Crippen molar-refractivity contribution < 1.29 is 22.7 Å². The highest BCUT2D eigenvalue weighted by Gasteiger charge is 2.64. The molecule has 4 aliphatic rings. The van der Waals surface area contributed by atoms with E-state index < -0.39 is 21.3 Å². The molecule has 10 heteroatoms. The van der Waals surface area contributed by atoms with E-state index in [2.05, 4.69) is 52.1 Å². The van der Waals surface area contributed by atoms with Crippen LogP contribution >= 0.6 is 0 Å². The molecule has 2 saturated carbocycles. The number of aromatic nitrogens is 1. The van der Waals surface area contributed by atoms with Crippen LogP contribution in [0.1, 0.15) is 92.1 Å². The van der Waals surface area contributed by atoms with Crippen LogP contribution < -0.4 is 9.46 Å². The lowest BCUT2D eigenvalue weighted by atomic mass is 9.81. The van der Waals surface area contributed by atoms with Crippen molar-refractivity contribution in [3.63, 3.8) is 0 Å². The van der Waals surface area contributed by atoms with E-state index in [9.17, 15) is 13.2 Å². The summed E-state index contributed by atoms with van der Waals surface area (Å²) >= 11 is 0. The summed E-state index contributed by atoms with van der Waals surface area (Å²) in [5, 5.41) is 1.08. The van der Waals surface area contributed by atoms with Gasteiger partial charge in [-0.2, -0.15) is 0 Å². The summed E-state index contributed by atoms with van der Waals surface area (Å²) in [5.74, 6) is 0.778. The molecule has 1 N–H and O–H groups in total. The van der Waals surface area contributed by atoms with E-state index in [0.717, 1.165) is 78.5 Å². The van der Waals surface area contributed by atoms with Gasteiger partial charge in [0.2, 0.25) is 15.9 Å². The monoisotopic (exact) mass is 646 g/mol. The maximum absolute atomic E-state index is 15.0. The Morgan fingerprint density at radius 2 is 1.83 bits per heavy atom. The normalized spacial score (nSPS) is 26.5. The highest BCUT2D eigenvalue weighted by Crippen LogP contribution is 2.66. The van der Waals surface area contributed by atoms with Gasteiger partial charge in [0.15, 0.2) is 0 Å². The molecule has 1 saturated heterocycles. The summed E-state index contributed by atoms with van der Waals surface area (Å²) in [5.41, 5.74) is 5.28. The van der Waals surface area contributed by atoms with Gasteiger partial charge in [-0.15, -0.1) is 0 Å². The zero-order valence-corrected chi connectivity index (χ0v) is 28.5. The van der Waals surface area contributed by atoms with Crippen LogP contribution in [0.2, 0.25) is 0 Å². The third-order valence-electron chi connectivity index (χ3n) is 11.2. The van der Waals surface area contributed by atoms with E-state index in [1.165, 1.54) is 24.8 Å². The number of methoxy groups -OCH3 is 1. The number of amides is 2. The van der Waals surface area contributed by atoms with Crippen LogP contribution in [0, 0.1) is 5.41 Å². The first kappa shape index (κ1) is 31.2. The number of piperazine rings is 1. The van der Waals surface area contributed by atoms with E-state index in [1.807, 2.05) is 18.2 Å². The van der Waals surface area contributed by atoms with E-state index in [1.54, 1.807) is 13.2 Å². The molecule has 3 aromatic rings. The largest absolute Gasteiger partial charge is 0.497 e. The molecule has 46 heavy (non-hydrogen) atoms. The fourth-order valence-electron chi connectivity index (χ4n) is 9.02. The number of benzene rings is 2. The average molecular weight is 647 g/mol. The molecule has 4 unspecified atom stereocenters. The van der Waals surface area contributed by atoms with Crippen molar-refractivity contribution in [1.29, 1.82) is 0 Å². The van der Waals surface area contributed by atoms with Crippen molar-refractivity contribution in [1.82, 2.24) is 19.1 Å². The van der Waals surface area contributed by atoms with E-state index in [0.29, 0.717) is 18.0 Å². The van der Waals surface area contributed by atoms with Crippen LogP contribution in [-0.2, 0) is 21.4 Å². The fourth-order valence-corrected chi connectivity index (χ4v) is 9.47. The fraction of sp³-hybridized carbons (Fsp3) is 0.556. The van der Waals surface area contributed by atoms with Crippen LogP contribution in [0.15, 0.2) is 36.4 Å². The molecule has 2 amide bonds. The minimum Gasteiger partial charge on any atom is -0.497 e. The number of likely N-dealkylation sites (N-methyl/N-ethyl adjacent to an activating group) is 1. The second kappa shape index (κ2) is 11.4. The van der Waals surface area contributed by atoms with Crippen molar-refractivity contribution in [2.24, 2.45) is 5.41 Å². The van der Waals surface area contributed by atoms with Gasteiger partial charge in [0.1, 0.15) is 5.75 Å². The lowest BCUT2D eigenvalue weighted by Crippen LogP contribution is -2.60. The van der Waals surface area contributed by atoms with Crippen molar-refractivity contribution in [2.45, 2.75) is 89.3 Å². The second-order valence-electron chi connectivity index (χ2n) is 14.3. The Labute approximate surface area is 272 Å². The van der Waals surface area contributed by atoms with Crippen LogP contribution in [-0.4, -0.2) is 80.2 Å². The quantitative estimate of drug-likeness (QED) is 0.381. The maximum atomic E-state index is 15.0. The first-order chi connectivity index (χ1) is 22.0. The number of ether oxygens (including phenoxy) is 1. The minimum absolute atomic E-state index is 0.0559. The number of rotatable bonds is 6. The Bertz CT molecular complexity index is 1830. The Hall–Kier alpha value is -3.37. The maximum Gasteiger partial charge on any atom is 0.264 e. The van der Waals surface area contributed by atoms with Gasteiger partial charge in [-0.25, -0.2) is 13.1 Å². The predicted octanol–water partition coefficient (Wildman–Crippen LogP) is 5.48. The highest BCUT2D eigenvalue weighted by molar-refractivity contribution is 7.89. The van der Waals surface area contributed by atoms with Gasteiger partial charge in [0.25, 0.3) is 5.91 Å². The standard InChI is InChI=1S/C36H46N4O5S/c1-6-25-20-38(3)19-22(2)40(25)35(42)36-18-30(36)29-17-26(45-4)13-15-27(29)33-32(23-10-8-7-9-11-23)28-14-12-24(16-31(28)39(33)21-36)34(41)37-46(5,43)44/h12-17,22-23,25,30H,6-11,18-21H2,1-5H3,(H,37,41). The zero-order chi connectivity index (χ0) is 32.5. The molecular weight excluding hydrogens is 600 g/mol. The molecule has 1 aromatic heterocycles. The average Bonchev–Trinajstić information content (AvgIpc) is 3.69. The number of carbonyl (C=O) groups excluding carboxylic acids is 2. The molecule has 0 radical (unpaired) electrons. The Morgan fingerprint density at radius 3 is 2.52 bits per heavy atom. The number of sulfonamides is 1. The first-order valence-electron chi connectivity index (χ1n) is 16.8. The van der Waals surface area contributed by atoms with Crippen LogP contribution in [0.3, 0.4) is 0 Å². The van der Waals surface area contributed by atoms with Crippen LogP contribution in [0.5, 0.6) is 5.75 Å². The third kappa shape index (κ3) is 5.12. The van der Waals surface area contributed by atoms with Crippen molar-refractivity contribution in [3.8, 4) is 17.0 Å². The number of nitrogens with one attached hydrogen (secondary N) is 1. The number of carbonyl (C=O) groups is 2. The smallest absolute Gasteiger partial charge is 0.264 e. The number of hydrogen-bond acceptors (Lipinski definition) is 6. The molecule has 7 rings (SSSR count). The molecule has 3 fully saturated rings. The van der Waals surface area contributed by atoms with Crippen LogP contribution in [0.4, 0.5) is 0 Å². The van der Waals surface area contributed by atoms with Gasteiger partial charge in [-0.3, -0.25) is 9.59 Å².